The summed E-state index contributed by atoms with van der Waals surface area (Å²) in [7, 11) is 0. The Balaban J connectivity index is 2.77. The highest BCUT2D eigenvalue weighted by atomic mass is 32.1. The summed E-state index contributed by atoms with van der Waals surface area (Å²) < 4.78 is 1.08. The van der Waals surface area contributed by atoms with Gasteiger partial charge in [0.25, 0.3) is 0 Å². The van der Waals surface area contributed by atoms with E-state index >= 15 is 0 Å². The number of benzene rings is 1. The van der Waals surface area contributed by atoms with Crippen LogP contribution in [-0.2, 0) is 0 Å². The maximum atomic E-state index is 5.54. The van der Waals surface area contributed by atoms with E-state index in [1.165, 1.54) is 11.3 Å². The Bertz CT molecular complexity index is 465. The average molecular weight is 174 g/mol. The van der Waals surface area contributed by atoms with Crippen molar-refractivity contribution in [2.24, 2.45) is 0 Å². The lowest BCUT2D eigenvalue weighted by Gasteiger charge is -1.88. The van der Waals surface area contributed by atoms with Crippen molar-refractivity contribution in [2.45, 2.75) is 0 Å². The van der Waals surface area contributed by atoms with Gasteiger partial charge in [0, 0.05) is 5.56 Å². The molecule has 3 heteroatoms. The molecule has 2 aromatic rings. The van der Waals surface area contributed by atoms with Gasteiger partial charge in [-0.15, -0.1) is 6.42 Å². The zero-order chi connectivity index (χ0) is 8.55. The normalized spacial score (nSPS) is 9.92. The van der Waals surface area contributed by atoms with Crippen molar-refractivity contribution < 1.29 is 0 Å². The molecule has 0 bridgehead atoms. The summed E-state index contributed by atoms with van der Waals surface area (Å²) in [6.45, 7) is 0. The van der Waals surface area contributed by atoms with Crippen molar-refractivity contribution in [3.05, 3.63) is 23.8 Å². The van der Waals surface area contributed by atoms with Gasteiger partial charge in [-0.05, 0) is 18.2 Å². The maximum Gasteiger partial charge on any atom is 0.181 e. The first-order valence-corrected chi connectivity index (χ1v) is 4.24. The number of terminal acetylenes is 1. The number of anilines is 1. The van der Waals surface area contributed by atoms with Crippen LogP contribution in [0.4, 0.5) is 5.13 Å². The zero-order valence-corrected chi connectivity index (χ0v) is 7.06. The molecule has 2 N–H and O–H groups in total. The van der Waals surface area contributed by atoms with Gasteiger partial charge in [-0.25, -0.2) is 4.98 Å². The molecular weight excluding hydrogens is 168 g/mol. The number of thiazole rings is 1. The molecular formula is C9H6N2S. The molecule has 0 aliphatic rings. The molecule has 0 unspecified atom stereocenters. The number of hydrogen-bond acceptors (Lipinski definition) is 3. The largest absolute Gasteiger partial charge is 0.375 e. The summed E-state index contributed by atoms with van der Waals surface area (Å²) in [5.41, 5.74) is 7.26. The van der Waals surface area contributed by atoms with Crippen molar-refractivity contribution in [1.82, 2.24) is 4.98 Å². The van der Waals surface area contributed by atoms with E-state index in [0.29, 0.717) is 5.13 Å². The molecule has 2 rings (SSSR count). The van der Waals surface area contributed by atoms with Crippen LogP contribution in [0.2, 0.25) is 0 Å². The minimum Gasteiger partial charge on any atom is -0.375 e. The van der Waals surface area contributed by atoms with Gasteiger partial charge in [0.1, 0.15) is 0 Å². The van der Waals surface area contributed by atoms with E-state index in [0.717, 1.165) is 15.8 Å². The van der Waals surface area contributed by atoms with Crippen molar-refractivity contribution in [1.29, 1.82) is 0 Å². The number of rotatable bonds is 0. The monoisotopic (exact) mass is 174 g/mol. The van der Waals surface area contributed by atoms with Crippen LogP contribution in [0.5, 0.6) is 0 Å². The van der Waals surface area contributed by atoms with E-state index in [2.05, 4.69) is 10.9 Å². The lowest BCUT2D eigenvalue weighted by atomic mass is 10.2. The molecule has 1 heterocycles. The number of nitrogen functional groups attached to an aromatic ring is 1. The first-order valence-electron chi connectivity index (χ1n) is 3.42. The summed E-state index contributed by atoms with van der Waals surface area (Å²) in [5.74, 6) is 2.55. The van der Waals surface area contributed by atoms with Crippen LogP contribution in [0.15, 0.2) is 18.2 Å². The summed E-state index contributed by atoms with van der Waals surface area (Å²) in [6, 6.07) is 5.70. The van der Waals surface area contributed by atoms with Crippen LogP contribution in [0.3, 0.4) is 0 Å². The molecule has 0 aliphatic heterocycles. The number of nitrogens with two attached hydrogens (primary N) is 1. The van der Waals surface area contributed by atoms with E-state index in [1.54, 1.807) is 0 Å². The molecule has 0 aliphatic carbocycles. The smallest absolute Gasteiger partial charge is 0.181 e. The van der Waals surface area contributed by atoms with Crippen LogP contribution >= 0.6 is 11.3 Å². The summed E-state index contributed by atoms with van der Waals surface area (Å²) in [6.07, 6.45) is 5.24. The van der Waals surface area contributed by atoms with E-state index < -0.39 is 0 Å². The van der Waals surface area contributed by atoms with Gasteiger partial charge in [0.15, 0.2) is 5.13 Å². The minimum absolute atomic E-state index is 0.583. The number of aromatic nitrogens is 1. The third-order valence-corrected chi connectivity index (χ3v) is 2.44. The number of hydrogen-bond donors (Lipinski definition) is 1. The number of nitrogens with zero attached hydrogens (tertiary/aromatic N) is 1. The molecule has 0 spiro atoms. The Labute approximate surface area is 74.0 Å². The zero-order valence-electron chi connectivity index (χ0n) is 6.24. The van der Waals surface area contributed by atoms with Crippen LogP contribution < -0.4 is 5.73 Å². The third-order valence-electron chi connectivity index (χ3n) is 1.57. The van der Waals surface area contributed by atoms with Gasteiger partial charge in [-0.2, -0.15) is 0 Å². The molecule has 2 nitrogen and oxygen atoms in total. The fourth-order valence-electron chi connectivity index (χ4n) is 1.04. The van der Waals surface area contributed by atoms with Gasteiger partial charge in [0.2, 0.25) is 0 Å². The average Bonchev–Trinajstić information content (AvgIpc) is 2.43. The molecule has 1 aromatic carbocycles. The fraction of sp³-hybridized carbons (Fsp3) is 0. The highest BCUT2D eigenvalue weighted by Crippen LogP contribution is 2.23. The van der Waals surface area contributed by atoms with Crippen LogP contribution in [-0.4, -0.2) is 4.98 Å². The Hall–Kier alpha value is -1.53. The SMILES string of the molecule is C#Cc1ccc2sc(N)nc2c1. The highest BCUT2D eigenvalue weighted by molar-refractivity contribution is 7.22. The second-order valence-electron chi connectivity index (χ2n) is 2.38. The Morgan fingerprint density at radius 1 is 1.50 bits per heavy atom. The lowest BCUT2D eigenvalue weighted by molar-refractivity contribution is 1.49. The quantitative estimate of drug-likeness (QED) is 0.619. The van der Waals surface area contributed by atoms with Gasteiger partial charge in [-0.3, -0.25) is 0 Å². The van der Waals surface area contributed by atoms with Crippen molar-refractivity contribution in [3.63, 3.8) is 0 Å². The van der Waals surface area contributed by atoms with Crippen LogP contribution in [0, 0.1) is 12.3 Å². The standard InChI is InChI=1S/C9H6N2S/c1-2-6-3-4-8-7(5-6)11-9(10)12-8/h1,3-5H,(H2,10,11). The molecule has 0 fully saturated rings. The Morgan fingerprint density at radius 3 is 3.08 bits per heavy atom. The molecule has 0 amide bonds. The van der Waals surface area contributed by atoms with Gasteiger partial charge in [-0.1, -0.05) is 17.3 Å². The van der Waals surface area contributed by atoms with E-state index in [1.807, 2.05) is 18.2 Å². The van der Waals surface area contributed by atoms with E-state index in [-0.39, 0.29) is 0 Å². The van der Waals surface area contributed by atoms with Gasteiger partial charge in [0.05, 0.1) is 10.2 Å². The predicted molar refractivity (Wildman–Crippen MR) is 52.0 cm³/mol. The first kappa shape index (κ1) is 7.14. The molecule has 12 heavy (non-hydrogen) atoms. The third kappa shape index (κ3) is 1.03. The van der Waals surface area contributed by atoms with Gasteiger partial charge < -0.3 is 5.73 Å². The van der Waals surface area contributed by atoms with Crippen molar-refractivity contribution in [3.8, 4) is 12.3 Å². The van der Waals surface area contributed by atoms with Crippen molar-refractivity contribution in [2.75, 3.05) is 5.73 Å². The summed E-state index contributed by atoms with van der Waals surface area (Å²) >= 11 is 1.47. The Kier molecular flexibility index (Phi) is 1.49. The predicted octanol–water partition coefficient (Wildman–Crippen LogP) is 1.86. The molecule has 0 atom stereocenters. The minimum atomic E-state index is 0.583. The molecule has 1 aromatic heterocycles. The van der Waals surface area contributed by atoms with Gasteiger partial charge >= 0.3 is 0 Å². The summed E-state index contributed by atoms with van der Waals surface area (Å²) in [5, 5.41) is 0.583. The topological polar surface area (TPSA) is 38.9 Å². The lowest BCUT2D eigenvalue weighted by Crippen LogP contribution is -1.79. The molecule has 0 radical (unpaired) electrons. The van der Waals surface area contributed by atoms with Crippen LogP contribution in [0.25, 0.3) is 10.2 Å². The second-order valence-corrected chi connectivity index (χ2v) is 3.44. The van der Waals surface area contributed by atoms with Crippen LogP contribution in [0.1, 0.15) is 5.56 Å². The van der Waals surface area contributed by atoms with Crippen molar-refractivity contribution >= 4 is 26.7 Å². The Morgan fingerprint density at radius 2 is 2.33 bits per heavy atom. The van der Waals surface area contributed by atoms with E-state index in [4.69, 9.17) is 12.2 Å². The van der Waals surface area contributed by atoms with E-state index in [9.17, 15) is 0 Å². The summed E-state index contributed by atoms with van der Waals surface area (Å²) in [4.78, 5) is 4.12. The first-order chi connectivity index (χ1) is 5.79. The second kappa shape index (κ2) is 2.50. The maximum absolute atomic E-state index is 5.54. The highest BCUT2D eigenvalue weighted by Gasteiger charge is 1.99. The molecule has 58 valence electrons. The molecule has 0 saturated carbocycles. The number of fused-ring (bicyclic) bond motifs is 1. The molecule has 0 saturated heterocycles. The fourth-order valence-corrected chi connectivity index (χ4v) is 1.75.